The van der Waals surface area contributed by atoms with Crippen molar-refractivity contribution in [3.05, 3.63) is 40.7 Å². The van der Waals surface area contributed by atoms with Crippen LogP contribution < -0.4 is 20.3 Å². The van der Waals surface area contributed by atoms with Gasteiger partial charge in [-0.3, -0.25) is 9.59 Å². The lowest BCUT2D eigenvalue weighted by Gasteiger charge is -2.14. The van der Waals surface area contributed by atoms with E-state index < -0.39 is 0 Å². The molecule has 0 radical (unpaired) electrons. The van der Waals surface area contributed by atoms with Crippen LogP contribution in [-0.2, 0) is 11.3 Å². The number of amides is 1. The van der Waals surface area contributed by atoms with Crippen molar-refractivity contribution in [1.82, 2.24) is 15.1 Å². The number of benzene rings is 1. The van der Waals surface area contributed by atoms with E-state index in [1.807, 2.05) is 0 Å². The summed E-state index contributed by atoms with van der Waals surface area (Å²) in [5.74, 6) is 1.07. The number of hydrogen-bond donors (Lipinski definition) is 1. The van der Waals surface area contributed by atoms with Crippen molar-refractivity contribution in [1.29, 1.82) is 0 Å². The first-order valence-corrected chi connectivity index (χ1v) is 8.70. The van der Waals surface area contributed by atoms with Crippen LogP contribution in [0.1, 0.15) is 25.7 Å². The number of carbonyl (C=O) groups excluding carboxylic acids is 1. The van der Waals surface area contributed by atoms with Gasteiger partial charge in [0.2, 0.25) is 5.91 Å². The molecule has 0 bridgehead atoms. The SMILES string of the molecule is COc1ccc(OC)c(-c2ccc(=O)n(CC(=O)NC3CCCC3)n2)c1. The summed E-state index contributed by atoms with van der Waals surface area (Å²) < 4.78 is 11.8. The Morgan fingerprint density at radius 1 is 1.19 bits per heavy atom. The molecule has 0 spiro atoms. The minimum absolute atomic E-state index is 0.102. The second-order valence-corrected chi connectivity index (χ2v) is 6.33. The molecule has 1 aromatic carbocycles. The van der Waals surface area contributed by atoms with Crippen molar-refractivity contribution in [2.75, 3.05) is 14.2 Å². The van der Waals surface area contributed by atoms with Crippen LogP contribution in [0.15, 0.2) is 35.1 Å². The Hall–Kier alpha value is -2.83. The lowest BCUT2D eigenvalue weighted by molar-refractivity contribution is -0.122. The van der Waals surface area contributed by atoms with Crippen molar-refractivity contribution in [3.63, 3.8) is 0 Å². The van der Waals surface area contributed by atoms with Gasteiger partial charge in [-0.25, -0.2) is 4.68 Å². The Kier molecular flexibility index (Phi) is 5.55. The topological polar surface area (TPSA) is 82.5 Å². The van der Waals surface area contributed by atoms with Crippen LogP contribution >= 0.6 is 0 Å². The molecular weight excluding hydrogens is 334 g/mol. The third-order valence-electron chi connectivity index (χ3n) is 4.56. The van der Waals surface area contributed by atoms with Crippen LogP contribution in [0.3, 0.4) is 0 Å². The van der Waals surface area contributed by atoms with Crippen LogP contribution in [0.25, 0.3) is 11.3 Å². The molecule has 1 saturated carbocycles. The predicted octanol–water partition coefficient (Wildman–Crippen LogP) is 1.99. The molecule has 1 amide bonds. The zero-order valence-corrected chi connectivity index (χ0v) is 15.0. The summed E-state index contributed by atoms with van der Waals surface area (Å²) in [7, 11) is 3.14. The highest BCUT2D eigenvalue weighted by Gasteiger charge is 2.18. The number of rotatable bonds is 6. The van der Waals surface area contributed by atoms with E-state index in [0.717, 1.165) is 25.7 Å². The molecule has 0 atom stereocenters. The summed E-state index contributed by atoms with van der Waals surface area (Å²) in [6, 6.07) is 8.58. The zero-order valence-electron chi connectivity index (χ0n) is 15.0. The highest BCUT2D eigenvalue weighted by molar-refractivity contribution is 5.76. The minimum atomic E-state index is -0.322. The first-order valence-electron chi connectivity index (χ1n) is 8.70. The summed E-state index contributed by atoms with van der Waals surface area (Å²) >= 11 is 0. The second-order valence-electron chi connectivity index (χ2n) is 6.33. The van der Waals surface area contributed by atoms with E-state index in [0.29, 0.717) is 22.8 Å². The molecule has 0 unspecified atom stereocenters. The molecule has 3 rings (SSSR count). The van der Waals surface area contributed by atoms with Gasteiger partial charge >= 0.3 is 0 Å². The van der Waals surface area contributed by atoms with Gasteiger partial charge in [-0.05, 0) is 37.1 Å². The van der Waals surface area contributed by atoms with Crippen molar-refractivity contribution >= 4 is 5.91 Å². The fraction of sp³-hybridized carbons (Fsp3) is 0.421. The molecule has 7 nitrogen and oxygen atoms in total. The van der Waals surface area contributed by atoms with Crippen LogP contribution in [-0.4, -0.2) is 35.9 Å². The standard InChI is InChI=1S/C19H23N3O4/c1-25-14-7-9-17(26-2)15(11-14)16-8-10-19(24)22(21-16)12-18(23)20-13-5-3-4-6-13/h7-11,13H,3-6,12H2,1-2H3,(H,20,23). The first-order chi connectivity index (χ1) is 12.6. The van der Waals surface area contributed by atoms with E-state index in [-0.39, 0.29) is 24.1 Å². The summed E-state index contributed by atoms with van der Waals surface area (Å²) in [6.07, 6.45) is 4.26. The zero-order chi connectivity index (χ0) is 18.5. The van der Waals surface area contributed by atoms with Gasteiger partial charge in [-0.1, -0.05) is 12.8 Å². The number of methoxy groups -OCH3 is 2. The monoisotopic (exact) mass is 357 g/mol. The third kappa shape index (κ3) is 4.04. The molecule has 1 aliphatic carbocycles. The first kappa shape index (κ1) is 18.0. The second kappa shape index (κ2) is 8.03. The maximum atomic E-state index is 12.2. The van der Waals surface area contributed by atoms with Crippen molar-refractivity contribution in [3.8, 4) is 22.8 Å². The lowest BCUT2D eigenvalue weighted by Crippen LogP contribution is -2.38. The van der Waals surface area contributed by atoms with E-state index in [9.17, 15) is 9.59 Å². The Bertz CT molecular complexity index is 841. The molecule has 0 saturated heterocycles. The molecular formula is C19H23N3O4. The highest BCUT2D eigenvalue weighted by Crippen LogP contribution is 2.31. The number of nitrogens with one attached hydrogen (secondary N) is 1. The summed E-state index contributed by atoms with van der Waals surface area (Å²) in [5, 5.41) is 7.32. The molecule has 1 heterocycles. The van der Waals surface area contributed by atoms with Gasteiger partial charge in [0.25, 0.3) is 5.56 Å². The molecule has 138 valence electrons. The van der Waals surface area contributed by atoms with E-state index in [2.05, 4.69) is 10.4 Å². The summed E-state index contributed by atoms with van der Waals surface area (Å²) in [5.41, 5.74) is 0.906. The maximum absolute atomic E-state index is 12.2. The van der Waals surface area contributed by atoms with Gasteiger partial charge in [0.1, 0.15) is 18.0 Å². The number of aromatic nitrogens is 2. The summed E-state index contributed by atoms with van der Waals surface area (Å²) in [4.78, 5) is 24.4. The number of ether oxygens (including phenoxy) is 2. The Labute approximate surface area is 151 Å². The third-order valence-corrected chi connectivity index (χ3v) is 4.56. The van der Waals surface area contributed by atoms with Crippen LogP contribution in [0, 0.1) is 0 Å². The van der Waals surface area contributed by atoms with E-state index in [4.69, 9.17) is 9.47 Å². The predicted molar refractivity (Wildman–Crippen MR) is 97.4 cm³/mol. The molecule has 26 heavy (non-hydrogen) atoms. The van der Waals surface area contributed by atoms with Crippen molar-refractivity contribution < 1.29 is 14.3 Å². The Morgan fingerprint density at radius 3 is 2.65 bits per heavy atom. The quantitative estimate of drug-likeness (QED) is 0.855. The molecule has 1 fully saturated rings. The van der Waals surface area contributed by atoms with Gasteiger partial charge in [-0.15, -0.1) is 0 Å². The summed E-state index contributed by atoms with van der Waals surface area (Å²) in [6.45, 7) is -0.102. The Balaban J connectivity index is 1.85. The number of nitrogens with zero attached hydrogens (tertiary/aromatic N) is 2. The van der Waals surface area contributed by atoms with Gasteiger partial charge in [0.15, 0.2) is 0 Å². The average molecular weight is 357 g/mol. The van der Waals surface area contributed by atoms with E-state index >= 15 is 0 Å². The van der Waals surface area contributed by atoms with Gasteiger partial charge in [-0.2, -0.15) is 5.10 Å². The van der Waals surface area contributed by atoms with Crippen molar-refractivity contribution in [2.45, 2.75) is 38.3 Å². The fourth-order valence-electron chi connectivity index (χ4n) is 3.20. The van der Waals surface area contributed by atoms with E-state index in [1.165, 1.54) is 10.7 Å². The maximum Gasteiger partial charge on any atom is 0.267 e. The van der Waals surface area contributed by atoms with Gasteiger partial charge in [0.05, 0.1) is 19.9 Å². The molecule has 1 N–H and O–H groups in total. The van der Waals surface area contributed by atoms with Crippen LogP contribution in [0.5, 0.6) is 11.5 Å². The van der Waals surface area contributed by atoms with Crippen molar-refractivity contribution in [2.24, 2.45) is 0 Å². The normalized spacial score (nSPS) is 14.2. The highest BCUT2D eigenvalue weighted by atomic mass is 16.5. The molecule has 1 aromatic heterocycles. The smallest absolute Gasteiger partial charge is 0.267 e. The Morgan fingerprint density at radius 2 is 1.96 bits per heavy atom. The molecule has 1 aliphatic rings. The number of carbonyl (C=O) groups is 1. The van der Waals surface area contributed by atoms with Crippen LogP contribution in [0.2, 0.25) is 0 Å². The number of hydrogen-bond acceptors (Lipinski definition) is 5. The average Bonchev–Trinajstić information content (AvgIpc) is 3.15. The lowest BCUT2D eigenvalue weighted by atomic mass is 10.1. The molecule has 7 heteroatoms. The van der Waals surface area contributed by atoms with E-state index in [1.54, 1.807) is 38.5 Å². The van der Waals surface area contributed by atoms with Gasteiger partial charge < -0.3 is 14.8 Å². The van der Waals surface area contributed by atoms with Crippen LogP contribution in [0.4, 0.5) is 0 Å². The minimum Gasteiger partial charge on any atom is -0.497 e. The largest absolute Gasteiger partial charge is 0.497 e. The molecule has 2 aromatic rings. The van der Waals surface area contributed by atoms with Gasteiger partial charge in [0, 0.05) is 17.7 Å². The molecule has 0 aliphatic heterocycles. The fourth-order valence-corrected chi connectivity index (χ4v) is 3.20.